The molecule has 1 aromatic carbocycles. The Morgan fingerprint density at radius 1 is 1.26 bits per heavy atom. The first-order valence-electron chi connectivity index (χ1n) is 6.05. The second-order valence-electron chi connectivity index (χ2n) is 4.35. The third-order valence-corrected chi connectivity index (χ3v) is 4.47. The summed E-state index contributed by atoms with van der Waals surface area (Å²) in [6.45, 7) is -2.33. The van der Waals surface area contributed by atoms with Crippen molar-refractivity contribution in [1.29, 1.82) is 0 Å². The number of nitrogens with one attached hydrogen (secondary N) is 1. The molecular weight excluding hydrogens is 378 g/mol. The Labute approximate surface area is 142 Å². The summed E-state index contributed by atoms with van der Waals surface area (Å²) in [6, 6.07) is 4.84. The van der Waals surface area contributed by atoms with Gasteiger partial charge in [-0.3, -0.25) is 4.79 Å². The Kier molecular flexibility index (Phi) is 5.38. The molecule has 0 aliphatic heterocycles. The molecule has 0 spiro atoms. The summed E-state index contributed by atoms with van der Waals surface area (Å²) in [6.07, 6.45) is -4.53. The average molecular weight is 386 g/mol. The van der Waals surface area contributed by atoms with E-state index in [1.807, 2.05) is 0 Å². The fraction of sp³-hybridized carbons (Fsp3) is 0.231. The highest BCUT2D eigenvalue weighted by molar-refractivity contribution is 7.21. The minimum absolute atomic E-state index is 0.0487. The summed E-state index contributed by atoms with van der Waals surface area (Å²) in [5.74, 6) is -1.95. The summed E-state index contributed by atoms with van der Waals surface area (Å²) in [4.78, 5) is 23.1. The van der Waals surface area contributed by atoms with Crippen LogP contribution >= 0.6 is 34.5 Å². The van der Waals surface area contributed by atoms with Crippen LogP contribution in [0.1, 0.15) is 9.67 Å². The van der Waals surface area contributed by atoms with Crippen molar-refractivity contribution >= 4 is 56.5 Å². The van der Waals surface area contributed by atoms with Gasteiger partial charge >= 0.3 is 12.1 Å². The molecule has 0 aliphatic carbocycles. The predicted molar refractivity (Wildman–Crippen MR) is 81.2 cm³/mol. The first kappa shape index (κ1) is 17.8. The molecule has 10 heteroatoms. The van der Waals surface area contributed by atoms with Gasteiger partial charge in [0.25, 0.3) is 5.91 Å². The number of fused-ring (bicyclic) bond motifs is 1. The zero-order valence-corrected chi connectivity index (χ0v) is 13.5. The van der Waals surface area contributed by atoms with E-state index in [0.717, 1.165) is 11.3 Å². The molecule has 0 fully saturated rings. The number of rotatable bonds is 4. The number of ether oxygens (including phenoxy) is 1. The maximum absolute atomic E-state index is 11.9. The smallest absolute Gasteiger partial charge is 0.405 e. The van der Waals surface area contributed by atoms with Gasteiger partial charge in [-0.1, -0.05) is 29.3 Å². The van der Waals surface area contributed by atoms with Gasteiger partial charge in [-0.15, -0.1) is 11.3 Å². The molecule has 0 aliphatic rings. The van der Waals surface area contributed by atoms with Crippen molar-refractivity contribution in [3.8, 4) is 0 Å². The van der Waals surface area contributed by atoms with E-state index in [-0.39, 0.29) is 9.90 Å². The largest absolute Gasteiger partial charge is 0.451 e. The fourth-order valence-corrected chi connectivity index (χ4v) is 3.29. The first-order valence-corrected chi connectivity index (χ1v) is 7.63. The van der Waals surface area contributed by atoms with Crippen LogP contribution in [0.15, 0.2) is 18.2 Å². The lowest BCUT2D eigenvalue weighted by Gasteiger charge is -2.08. The monoisotopic (exact) mass is 385 g/mol. The van der Waals surface area contributed by atoms with Crippen LogP contribution in [-0.2, 0) is 9.53 Å². The summed E-state index contributed by atoms with van der Waals surface area (Å²) in [7, 11) is 0. The molecule has 2 rings (SSSR count). The molecule has 23 heavy (non-hydrogen) atoms. The second kappa shape index (κ2) is 6.94. The van der Waals surface area contributed by atoms with E-state index in [4.69, 9.17) is 23.2 Å². The van der Waals surface area contributed by atoms with Crippen molar-refractivity contribution in [2.75, 3.05) is 13.2 Å². The molecule has 0 saturated heterocycles. The zero-order valence-electron chi connectivity index (χ0n) is 11.2. The van der Waals surface area contributed by atoms with Crippen molar-refractivity contribution in [3.63, 3.8) is 0 Å². The van der Waals surface area contributed by atoms with Gasteiger partial charge in [-0.05, 0) is 12.1 Å². The molecule has 4 nitrogen and oxygen atoms in total. The molecule has 1 heterocycles. The Morgan fingerprint density at radius 2 is 1.96 bits per heavy atom. The number of thiophene rings is 1. The Hall–Kier alpha value is -1.51. The van der Waals surface area contributed by atoms with Crippen molar-refractivity contribution in [2.45, 2.75) is 6.18 Å². The number of esters is 1. The van der Waals surface area contributed by atoms with E-state index in [1.54, 1.807) is 23.5 Å². The van der Waals surface area contributed by atoms with Gasteiger partial charge in [0.1, 0.15) is 11.4 Å². The molecule has 1 N–H and O–H groups in total. The highest BCUT2D eigenvalue weighted by Gasteiger charge is 2.28. The summed E-state index contributed by atoms with van der Waals surface area (Å²) in [5.41, 5.74) is 0. The lowest BCUT2D eigenvalue weighted by molar-refractivity contribution is -0.140. The lowest BCUT2D eigenvalue weighted by atomic mass is 10.2. The fourth-order valence-electron chi connectivity index (χ4n) is 1.62. The van der Waals surface area contributed by atoms with E-state index >= 15 is 0 Å². The molecular formula is C13H8Cl2F3NO3S. The topological polar surface area (TPSA) is 55.4 Å². The molecule has 1 aromatic heterocycles. The standard InChI is InChI=1S/C13H8Cl2F3NO3S/c14-6-1-2-7-8(3-6)23-11(10(7)15)12(21)22-4-9(20)19-5-13(16,17)18/h1-3H,4-5H2,(H,19,20). The molecule has 124 valence electrons. The van der Waals surface area contributed by atoms with Gasteiger partial charge in [-0.2, -0.15) is 13.2 Å². The van der Waals surface area contributed by atoms with Crippen LogP contribution in [-0.4, -0.2) is 31.2 Å². The van der Waals surface area contributed by atoms with Crippen LogP contribution in [0, 0.1) is 0 Å². The van der Waals surface area contributed by atoms with E-state index in [1.165, 1.54) is 0 Å². The average Bonchev–Trinajstić information content (AvgIpc) is 2.78. The van der Waals surface area contributed by atoms with Crippen LogP contribution in [0.25, 0.3) is 10.1 Å². The van der Waals surface area contributed by atoms with E-state index in [2.05, 4.69) is 4.74 Å². The number of amides is 1. The van der Waals surface area contributed by atoms with Gasteiger partial charge in [0.2, 0.25) is 0 Å². The lowest BCUT2D eigenvalue weighted by Crippen LogP contribution is -2.36. The highest BCUT2D eigenvalue weighted by Crippen LogP contribution is 2.37. The van der Waals surface area contributed by atoms with Crippen molar-refractivity contribution < 1.29 is 27.5 Å². The van der Waals surface area contributed by atoms with Gasteiger partial charge in [0.15, 0.2) is 6.61 Å². The number of hydrogen-bond donors (Lipinski definition) is 1. The van der Waals surface area contributed by atoms with Crippen molar-refractivity contribution in [2.24, 2.45) is 0 Å². The summed E-state index contributed by atoms with van der Waals surface area (Å²) < 4.78 is 41.1. The Morgan fingerprint density at radius 3 is 2.61 bits per heavy atom. The third-order valence-electron chi connectivity index (χ3n) is 2.60. The number of carbonyl (C=O) groups excluding carboxylic acids is 2. The molecule has 0 saturated carbocycles. The minimum Gasteiger partial charge on any atom is -0.451 e. The van der Waals surface area contributed by atoms with Gasteiger partial charge < -0.3 is 10.1 Å². The van der Waals surface area contributed by atoms with E-state index < -0.39 is 31.2 Å². The van der Waals surface area contributed by atoms with E-state index in [0.29, 0.717) is 15.1 Å². The molecule has 0 unspecified atom stereocenters. The first-order chi connectivity index (χ1) is 10.7. The Balaban J connectivity index is 2.01. The van der Waals surface area contributed by atoms with Crippen LogP contribution in [0.4, 0.5) is 13.2 Å². The zero-order chi connectivity index (χ0) is 17.2. The minimum atomic E-state index is -4.53. The van der Waals surface area contributed by atoms with Gasteiger partial charge in [-0.25, -0.2) is 4.79 Å². The molecule has 0 atom stereocenters. The van der Waals surface area contributed by atoms with E-state index in [9.17, 15) is 22.8 Å². The van der Waals surface area contributed by atoms with Crippen LogP contribution in [0.3, 0.4) is 0 Å². The van der Waals surface area contributed by atoms with Crippen LogP contribution < -0.4 is 5.32 Å². The Bertz CT molecular complexity index is 761. The second-order valence-corrected chi connectivity index (χ2v) is 6.22. The SMILES string of the molecule is O=C(COC(=O)c1sc2cc(Cl)ccc2c1Cl)NCC(F)(F)F. The third kappa shape index (κ3) is 4.73. The van der Waals surface area contributed by atoms with Crippen LogP contribution in [0.2, 0.25) is 10.0 Å². The van der Waals surface area contributed by atoms with Gasteiger partial charge in [0, 0.05) is 15.1 Å². The number of benzene rings is 1. The molecule has 1 amide bonds. The summed E-state index contributed by atoms with van der Waals surface area (Å²) in [5, 5.41) is 2.78. The highest BCUT2D eigenvalue weighted by atomic mass is 35.5. The molecule has 2 aromatic rings. The van der Waals surface area contributed by atoms with Crippen molar-refractivity contribution in [1.82, 2.24) is 5.32 Å². The number of halogens is 5. The predicted octanol–water partition coefficient (Wildman–Crippen LogP) is 4.04. The molecule has 0 radical (unpaired) electrons. The van der Waals surface area contributed by atoms with Crippen LogP contribution in [0.5, 0.6) is 0 Å². The van der Waals surface area contributed by atoms with Crippen molar-refractivity contribution in [3.05, 3.63) is 33.1 Å². The summed E-state index contributed by atoms with van der Waals surface area (Å²) >= 11 is 12.9. The number of carbonyl (C=O) groups is 2. The number of alkyl halides is 3. The quantitative estimate of drug-likeness (QED) is 0.807. The maximum atomic E-state index is 11.9. The number of hydrogen-bond acceptors (Lipinski definition) is 4. The van der Waals surface area contributed by atoms with Gasteiger partial charge in [0.05, 0.1) is 5.02 Å². The normalized spacial score (nSPS) is 11.5. The maximum Gasteiger partial charge on any atom is 0.405 e. The molecule has 0 bridgehead atoms.